The van der Waals surface area contributed by atoms with Gasteiger partial charge in [0.1, 0.15) is 18.1 Å². The number of nitrogens with zero attached hydrogens (tertiary/aromatic N) is 3. The van der Waals surface area contributed by atoms with Gasteiger partial charge in [0.05, 0.1) is 6.33 Å². The number of benzene rings is 1. The highest BCUT2D eigenvalue weighted by Crippen LogP contribution is 2.20. The molecule has 0 saturated carbocycles. The van der Waals surface area contributed by atoms with Crippen molar-refractivity contribution in [2.45, 2.75) is 11.7 Å². The molecule has 0 aliphatic heterocycles. The van der Waals surface area contributed by atoms with E-state index in [9.17, 15) is 8.42 Å². The van der Waals surface area contributed by atoms with Gasteiger partial charge in [0, 0.05) is 32.2 Å². The van der Waals surface area contributed by atoms with E-state index < -0.39 is 10.0 Å². The Bertz CT molecular complexity index is 897. The van der Waals surface area contributed by atoms with Crippen LogP contribution in [-0.2, 0) is 16.6 Å². The number of hydrogen-bond acceptors (Lipinski definition) is 5. The highest BCUT2D eigenvalue weighted by Gasteiger charge is 2.21. The van der Waals surface area contributed by atoms with E-state index >= 15 is 0 Å². The van der Waals surface area contributed by atoms with E-state index in [0.717, 1.165) is 9.99 Å². The van der Waals surface area contributed by atoms with Crippen LogP contribution in [0, 0.1) is 0 Å². The van der Waals surface area contributed by atoms with Crippen LogP contribution >= 0.6 is 0 Å². The van der Waals surface area contributed by atoms with Crippen molar-refractivity contribution in [3.8, 4) is 11.4 Å². The summed E-state index contributed by atoms with van der Waals surface area (Å²) in [6.45, 7) is 0.146. The summed E-state index contributed by atoms with van der Waals surface area (Å²) in [4.78, 5) is 4.00. The largest absolute Gasteiger partial charge is 0.486 e. The molecule has 24 heavy (non-hydrogen) atoms. The van der Waals surface area contributed by atoms with Crippen molar-refractivity contribution in [2.75, 3.05) is 14.1 Å². The van der Waals surface area contributed by atoms with Gasteiger partial charge in [0.15, 0.2) is 0 Å². The van der Waals surface area contributed by atoms with Crippen LogP contribution in [0.2, 0.25) is 0 Å². The van der Waals surface area contributed by atoms with Crippen molar-refractivity contribution in [1.29, 1.82) is 0 Å². The van der Waals surface area contributed by atoms with E-state index in [1.54, 1.807) is 18.6 Å². The highest BCUT2D eigenvalue weighted by atomic mass is 32.2. The van der Waals surface area contributed by atoms with E-state index in [1.807, 2.05) is 35.0 Å². The predicted molar refractivity (Wildman–Crippen MR) is 87.5 cm³/mol. The van der Waals surface area contributed by atoms with Crippen LogP contribution in [0.1, 0.15) is 5.76 Å². The SMILES string of the molecule is CN(C)S(=O)(=O)c1ccc(COc2ccc(-n3ccnc3)cc2)o1. The molecular weight excluding hydrogens is 330 g/mol. The average molecular weight is 347 g/mol. The third kappa shape index (κ3) is 3.34. The van der Waals surface area contributed by atoms with Crippen LogP contribution in [0.25, 0.3) is 5.69 Å². The number of rotatable bonds is 6. The van der Waals surface area contributed by atoms with Crippen LogP contribution in [0.5, 0.6) is 5.75 Å². The van der Waals surface area contributed by atoms with E-state index in [4.69, 9.17) is 9.15 Å². The van der Waals surface area contributed by atoms with Crippen molar-refractivity contribution < 1.29 is 17.6 Å². The minimum atomic E-state index is -3.57. The fourth-order valence-corrected chi connectivity index (χ4v) is 2.85. The summed E-state index contributed by atoms with van der Waals surface area (Å²) in [5.41, 5.74) is 0.970. The van der Waals surface area contributed by atoms with E-state index in [-0.39, 0.29) is 11.7 Å². The lowest BCUT2D eigenvalue weighted by molar-refractivity contribution is 0.256. The molecular formula is C16H17N3O4S. The molecule has 0 amide bonds. The van der Waals surface area contributed by atoms with Gasteiger partial charge in [-0.05, 0) is 36.4 Å². The Morgan fingerprint density at radius 2 is 1.92 bits per heavy atom. The first-order valence-corrected chi connectivity index (χ1v) is 8.63. The number of hydrogen-bond donors (Lipinski definition) is 0. The van der Waals surface area contributed by atoms with Gasteiger partial charge in [-0.25, -0.2) is 17.7 Å². The lowest BCUT2D eigenvalue weighted by Gasteiger charge is -2.08. The van der Waals surface area contributed by atoms with Crippen LogP contribution in [-0.4, -0.2) is 36.4 Å². The molecule has 0 bridgehead atoms. The number of aromatic nitrogens is 2. The predicted octanol–water partition coefficient (Wildman–Crippen LogP) is 2.29. The lowest BCUT2D eigenvalue weighted by atomic mass is 10.3. The molecule has 0 fully saturated rings. The minimum absolute atomic E-state index is 0.0958. The maximum Gasteiger partial charge on any atom is 0.275 e. The van der Waals surface area contributed by atoms with Gasteiger partial charge in [0.2, 0.25) is 5.09 Å². The smallest absolute Gasteiger partial charge is 0.275 e. The van der Waals surface area contributed by atoms with Crippen molar-refractivity contribution >= 4 is 10.0 Å². The van der Waals surface area contributed by atoms with Crippen LogP contribution in [0.4, 0.5) is 0 Å². The quantitative estimate of drug-likeness (QED) is 0.684. The normalized spacial score (nSPS) is 11.8. The summed E-state index contributed by atoms with van der Waals surface area (Å²) in [7, 11) is -0.659. The molecule has 3 rings (SSSR count). The molecule has 0 aliphatic rings. The summed E-state index contributed by atoms with van der Waals surface area (Å²) in [6, 6.07) is 10.5. The van der Waals surface area contributed by atoms with Crippen molar-refractivity contribution in [1.82, 2.24) is 13.9 Å². The Labute approximate surface area is 140 Å². The zero-order chi connectivity index (χ0) is 17.2. The molecule has 2 heterocycles. The summed E-state index contributed by atoms with van der Waals surface area (Å²) >= 11 is 0. The number of imidazole rings is 1. The lowest BCUT2D eigenvalue weighted by Crippen LogP contribution is -2.21. The summed E-state index contributed by atoms with van der Waals surface area (Å²) in [5, 5.41) is -0.0958. The third-order valence-electron chi connectivity index (χ3n) is 3.39. The maximum absolute atomic E-state index is 12.0. The second-order valence-corrected chi connectivity index (χ2v) is 7.34. The first-order chi connectivity index (χ1) is 11.5. The zero-order valence-corrected chi connectivity index (χ0v) is 14.1. The Kier molecular flexibility index (Phi) is 4.41. The fourth-order valence-electron chi connectivity index (χ4n) is 2.04. The van der Waals surface area contributed by atoms with Gasteiger partial charge < -0.3 is 13.7 Å². The van der Waals surface area contributed by atoms with Crippen molar-refractivity contribution in [3.63, 3.8) is 0 Å². The topological polar surface area (TPSA) is 77.6 Å². The minimum Gasteiger partial charge on any atom is -0.486 e. The molecule has 126 valence electrons. The molecule has 0 aliphatic carbocycles. The summed E-state index contributed by atoms with van der Waals surface area (Å²) in [6.07, 6.45) is 5.28. The van der Waals surface area contributed by atoms with E-state index in [0.29, 0.717) is 11.5 Å². The molecule has 0 spiro atoms. The summed E-state index contributed by atoms with van der Waals surface area (Å²) in [5.74, 6) is 1.10. The molecule has 0 atom stereocenters. The first kappa shape index (κ1) is 16.3. The van der Waals surface area contributed by atoms with Gasteiger partial charge in [0.25, 0.3) is 10.0 Å². The van der Waals surface area contributed by atoms with E-state index in [2.05, 4.69) is 4.98 Å². The average Bonchev–Trinajstić information content (AvgIpc) is 3.25. The monoisotopic (exact) mass is 347 g/mol. The van der Waals surface area contributed by atoms with Crippen molar-refractivity contribution in [2.24, 2.45) is 0 Å². The summed E-state index contributed by atoms with van der Waals surface area (Å²) < 4.78 is 37.9. The number of ether oxygens (including phenoxy) is 1. The second-order valence-electron chi connectivity index (χ2n) is 5.26. The maximum atomic E-state index is 12.0. The zero-order valence-electron chi connectivity index (χ0n) is 13.3. The number of sulfonamides is 1. The molecule has 7 nitrogen and oxygen atoms in total. The third-order valence-corrected chi connectivity index (χ3v) is 5.08. The molecule has 8 heteroatoms. The second kappa shape index (κ2) is 6.50. The molecule has 2 aromatic heterocycles. The molecule has 0 N–H and O–H groups in total. The standard InChI is InChI=1S/C16H17N3O4S/c1-18(2)24(20,21)16-8-7-15(23-16)11-22-14-5-3-13(4-6-14)19-10-9-17-12-19/h3-10,12H,11H2,1-2H3. The van der Waals surface area contributed by atoms with Crippen LogP contribution < -0.4 is 4.74 Å². The van der Waals surface area contributed by atoms with Gasteiger partial charge in [-0.1, -0.05) is 0 Å². The van der Waals surface area contributed by atoms with Gasteiger partial charge >= 0.3 is 0 Å². The molecule has 0 saturated heterocycles. The Morgan fingerprint density at radius 3 is 2.54 bits per heavy atom. The van der Waals surface area contributed by atoms with Crippen molar-refractivity contribution in [3.05, 3.63) is 60.9 Å². The van der Waals surface area contributed by atoms with Crippen LogP contribution in [0.3, 0.4) is 0 Å². The molecule has 0 radical (unpaired) electrons. The Morgan fingerprint density at radius 1 is 1.17 bits per heavy atom. The molecule has 3 aromatic rings. The van der Waals surface area contributed by atoms with Gasteiger partial charge in [-0.15, -0.1) is 0 Å². The van der Waals surface area contributed by atoms with Crippen LogP contribution in [0.15, 0.2) is 64.6 Å². The van der Waals surface area contributed by atoms with E-state index in [1.165, 1.54) is 20.2 Å². The van der Waals surface area contributed by atoms with Gasteiger partial charge in [-0.2, -0.15) is 0 Å². The molecule has 1 aromatic carbocycles. The molecule has 0 unspecified atom stereocenters. The van der Waals surface area contributed by atoms with Gasteiger partial charge in [-0.3, -0.25) is 0 Å². The number of furan rings is 1. The first-order valence-electron chi connectivity index (χ1n) is 7.19. The highest BCUT2D eigenvalue weighted by molar-refractivity contribution is 7.88. The Hall–Kier alpha value is -2.58. The Balaban J connectivity index is 1.65. The fraction of sp³-hybridized carbons (Fsp3) is 0.188.